The average Bonchev–Trinajstić information content (AvgIpc) is 3.67. The molecule has 4 aliphatic rings. The van der Waals surface area contributed by atoms with E-state index in [-0.39, 0.29) is 37.4 Å². The molecular formula is C36H48BrN3O8. The zero-order valence-corrected chi connectivity index (χ0v) is 29.4. The van der Waals surface area contributed by atoms with E-state index in [1.54, 1.807) is 9.80 Å². The van der Waals surface area contributed by atoms with E-state index in [1.807, 2.05) is 48.6 Å². The van der Waals surface area contributed by atoms with Gasteiger partial charge in [0.05, 0.1) is 18.6 Å². The van der Waals surface area contributed by atoms with Gasteiger partial charge in [-0.05, 0) is 43.7 Å². The van der Waals surface area contributed by atoms with Crippen LogP contribution in [0.1, 0.15) is 70.0 Å². The van der Waals surface area contributed by atoms with Gasteiger partial charge in [0.1, 0.15) is 29.8 Å². The molecule has 1 aromatic rings. The lowest BCUT2D eigenvalue weighted by Crippen LogP contribution is -2.56. The first-order valence-corrected chi connectivity index (χ1v) is 18.0. The topological polar surface area (TPSA) is 135 Å². The summed E-state index contributed by atoms with van der Waals surface area (Å²) in [5.41, 5.74) is -0.694. The number of fused-ring (bicyclic) bond motifs is 2. The van der Waals surface area contributed by atoms with Gasteiger partial charge in [-0.25, -0.2) is 0 Å². The number of aliphatic hydroxyl groups is 1. The van der Waals surface area contributed by atoms with Crippen molar-refractivity contribution in [2.24, 2.45) is 11.8 Å². The van der Waals surface area contributed by atoms with Crippen LogP contribution in [0.4, 0.5) is 0 Å². The lowest BCUT2D eigenvalue weighted by molar-refractivity contribution is -0.162. The van der Waals surface area contributed by atoms with E-state index in [9.17, 15) is 24.3 Å². The lowest BCUT2D eigenvalue weighted by atomic mass is 9.74. The molecule has 2 N–H and O–H groups in total. The number of methoxy groups -OCH3 is 1. The van der Waals surface area contributed by atoms with E-state index in [1.165, 1.54) is 7.11 Å². The molecule has 0 aromatic heterocycles. The Morgan fingerprint density at radius 2 is 1.77 bits per heavy atom. The summed E-state index contributed by atoms with van der Waals surface area (Å²) in [4.78, 5) is 60.1. The standard InChI is InChI=1S/C36H48BrN3O8/c1-3-4-11-18-39-19-12-6-10-17-27(42)38-26(23-46-2)30(24-15-8-5-9-16-24)47-35(45)28-29-33(43)40(20-13-7-14-21-41)32(34(39)44)36(29)22-25(37)31(28)48-36/h5-6,8-9,12,15-16,22,26,28-32,41H,3-4,7,10-11,13-14,17-21,23H2,1-2H3,(H,38,42)/b12-6-/t26-,28+,29-,30-,31+,32+,36-/m0/s1. The SMILES string of the molecule is CCCCCN1C/C=C\CCC(=O)N[C@@H](COC)[C@H](c2ccccc2)OC(=O)[C@H]2[C@@H]3O[C@@]4(C=C3Br)[C@@H]2C(=O)N(CCCCCO)[C@@H]4C1=O. The molecule has 48 heavy (non-hydrogen) atoms. The molecule has 1 aromatic carbocycles. The van der Waals surface area contributed by atoms with Crippen LogP contribution in [0.5, 0.6) is 0 Å². The molecule has 11 nitrogen and oxygen atoms in total. The zero-order valence-electron chi connectivity index (χ0n) is 27.9. The summed E-state index contributed by atoms with van der Waals surface area (Å²) >= 11 is 3.62. The summed E-state index contributed by atoms with van der Waals surface area (Å²) < 4.78 is 19.0. The van der Waals surface area contributed by atoms with E-state index in [0.29, 0.717) is 55.4 Å². The Morgan fingerprint density at radius 1 is 1.00 bits per heavy atom. The van der Waals surface area contributed by atoms with Crippen molar-refractivity contribution in [1.82, 2.24) is 15.1 Å². The molecule has 5 rings (SSSR count). The summed E-state index contributed by atoms with van der Waals surface area (Å²) in [5, 5.41) is 12.4. The number of nitrogens with one attached hydrogen (secondary N) is 1. The highest BCUT2D eigenvalue weighted by atomic mass is 79.9. The Labute approximate surface area is 291 Å². The van der Waals surface area contributed by atoms with Crippen molar-refractivity contribution < 1.29 is 38.5 Å². The predicted octanol–water partition coefficient (Wildman–Crippen LogP) is 3.81. The minimum atomic E-state index is -1.36. The van der Waals surface area contributed by atoms with Gasteiger partial charge in [-0.2, -0.15) is 0 Å². The Bertz CT molecular complexity index is 1370. The van der Waals surface area contributed by atoms with Crippen molar-refractivity contribution in [3.8, 4) is 0 Å². The summed E-state index contributed by atoms with van der Waals surface area (Å²) in [6.45, 7) is 3.33. The van der Waals surface area contributed by atoms with Crippen molar-refractivity contribution >= 4 is 39.6 Å². The maximum absolute atomic E-state index is 14.7. The molecule has 262 valence electrons. The molecule has 0 radical (unpaired) electrons. The minimum Gasteiger partial charge on any atom is -0.455 e. The summed E-state index contributed by atoms with van der Waals surface area (Å²) in [5.74, 6) is -3.42. The fourth-order valence-corrected chi connectivity index (χ4v) is 8.26. The molecule has 0 saturated carbocycles. The van der Waals surface area contributed by atoms with Gasteiger partial charge < -0.3 is 34.4 Å². The molecule has 4 heterocycles. The van der Waals surface area contributed by atoms with Crippen molar-refractivity contribution in [2.45, 2.75) is 88.2 Å². The van der Waals surface area contributed by atoms with Crippen LogP contribution < -0.4 is 5.32 Å². The number of benzene rings is 1. The third kappa shape index (κ3) is 7.41. The first-order chi connectivity index (χ1) is 23.3. The summed E-state index contributed by atoms with van der Waals surface area (Å²) in [7, 11) is 1.52. The molecule has 4 aliphatic heterocycles. The zero-order chi connectivity index (χ0) is 34.3. The van der Waals surface area contributed by atoms with Gasteiger partial charge >= 0.3 is 5.97 Å². The lowest BCUT2D eigenvalue weighted by Gasteiger charge is -2.36. The van der Waals surface area contributed by atoms with Gasteiger partial charge in [-0.3, -0.25) is 19.2 Å². The summed E-state index contributed by atoms with van der Waals surface area (Å²) in [6.07, 6.45) is 9.13. The maximum atomic E-state index is 14.7. The number of hydrogen-bond donors (Lipinski definition) is 2. The Balaban J connectivity index is 1.58. The number of rotatable bonds is 12. The molecule has 2 saturated heterocycles. The van der Waals surface area contributed by atoms with E-state index < -0.39 is 47.7 Å². The van der Waals surface area contributed by atoms with Gasteiger partial charge in [0, 0.05) is 44.3 Å². The monoisotopic (exact) mass is 729 g/mol. The number of aliphatic hydroxyl groups excluding tert-OH is 1. The van der Waals surface area contributed by atoms with Crippen LogP contribution in [0.2, 0.25) is 0 Å². The molecule has 0 unspecified atom stereocenters. The fourth-order valence-electron chi connectivity index (χ4n) is 7.52. The molecule has 5 bridgehead atoms. The Hall–Kier alpha value is -3.06. The van der Waals surface area contributed by atoms with Crippen molar-refractivity contribution in [3.05, 3.63) is 58.6 Å². The van der Waals surface area contributed by atoms with Crippen LogP contribution in [0.25, 0.3) is 0 Å². The van der Waals surface area contributed by atoms with E-state index in [4.69, 9.17) is 14.2 Å². The number of amides is 3. The molecular weight excluding hydrogens is 682 g/mol. The molecule has 1 spiro atoms. The number of nitrogens with zero attached hydrogens (tertiary/aromatic N) is 2. The van der Waals surface area contributed by atoms with Gasteiger partial charge in [0.25, 0.3) is 0 Å². The van der Waals surface area contributed by atoms with Crippen LogP contribution in [0.3, 0.4) is 0 Å². The second-order valence-corrected chi connectivity index (χ2v) is 14.0. The highest BCUT2D eigenvalue weighted by Gasteiger charge is 2.74. The van der Waals surface area contributed by atoms with Crippen LogP contribution in [0, 0.1) is 11.8 Å². The number of hydrogen-bond acceptors (Lipinski definition) is 8. The fraction of sp³-hybridized carbons (Fsp3) is 0.611. The van der Waals surface area contributed by atoms with Gasteiger partial charge in [-0.15, -0.1) is 0 Å². The van der Waals surface area contributed by atoms with Crippen molar-refractivity contribution in [1.29, 1.82) is 0 Å². The second kappa shape index (κ2) is 16.6. The van der Waals surface area contributed by atoms with Crippen LogP contribution >= 0.6 is 15.9 Å². The van der Waals surface area contributed by atoms with E-state index >= 15 is 0 Å². The Kier molecular flexibility index (Phi) is 12.5. The second-order valence-electron chi connectivity index (χ2n) is 13.0. The number of halogens is 1. The number of carbonyl (C=O) groups excluding carboxylic acids is 4. The Morgan fingerprint density at radius 3 is 2.50 bits per heavy atom. The molecule has 3 amide bonds. The number of likely N-dealkylation sites (tertiary alicyclic amines) is 1. The highest BCUT2D eigenvalue weighted by molar-refractivity contribution is 9.11. The van der Waals surface area contributed by atoms with E-state index in [2.05, 4.69) is 28.2 Å². The third-order valence-electron chi connectivity index (χ3n) is 9.79. The minimum absolute atomic E-state index is 0.0436. The average molecular weight is 731 g/mol. The van der Waals surface area contributed by atoms with Crippen LogP contribution in [-0.2, 0) is 33.4 Å². The third-order valence-corrected chi connectivity index (χ3v) is 10.5. The largest absolute Gasteiger partial charge is 0.455 e. The number of allylic oxidation sites excluding steroid dienone is 1. The van der Waals surface area contributed by atoms with Gasteiger partial charge in [0.15, 0.2) is 0 Å². The first-order valence-electron chi connectivity index (χ1n) is 17.2. The number of esters is 1. The highest BCUT2D eigenvalue weighted by Crippen LogP contribution is 2.59. The van der Waals surface area contributed by atoms with Crippen LogP contribution in [-0.4, -0.2) is 102 Å². The maximum Gasteiger partial charge on any atom is 0.313 e. The first kappa shape index (κ1) is 36.2. The van der Waals surface area contributed by atoms with Crippen LogP contribution in [0.15, 0.2) is 53.0 Å². The number of ether oxygens (including phenoxy) is 3. The molecule has 2 fully saturated rings. The predicted molar refractivity (Wildman–Crippen MR) is 182 cm³/mol. The van der Waals surface area contributed by atoms with Crippen molar-refractivity contribution in [3.63, 3.8) is 0 Å². The number of unbranched alkanes of at least 4 members (excludes halogenated alkanes) is 4. The molecule has 12 heteroatoms. The summed E-state index contributed by atoms with van der Waals surface area (Å²) in [6, 6.07) is 7.48. The normalized spacial score (nSPS) is 31.5. The van der Waals surface area contributed by atoms with Crippen molar-refractivity contribution in [2.75, 3.05) is 40.0 Å². The van der Waals surface area contributed by atoms with E-state index in [0.717, 1.165) is 19.3 Å². The van der Waals surface area contributed by atoms with Gasteiger partial charge in [-0.1, -0.05) is 78.2 Å². The number of cyclic esters (lactones) is 1. The smallest absolute Gasteiger partial charge is 0.313 e. The molecule has 7 atom stereocenters. The van der Waals surface area contributed by atoms with Gasteiger partial charge in [0.2, 0.25) is 17.7 Å². The number of carbonyl (C=O) groups is 4. The molecule has 0 aliphatic carbocycles. The quantitative estimate of drug-likeness (QED) is 0.189.